The molecule has 0 aromatic rings. The Bertz CT molecular complexity index is 269. The first-order chi connectivity index (χ1) is 11.8. The SMILES string of the molecule is C=C[CH]CCCCCCCCCCCCCCCCCCC(C)=O. The Morgan fingerprint density at radius 1 is 0.625 bits per heavy atom. The maximum atomic E-state index is 10.8. The van der Waals surface area contributed by atoms with Crippen LogP contribution in [0.2, 0.25) is 0 Å². The quantitative estimate of drug-likeness (QED) is 0.206. The van der Waals surface area contributed by atoms with Gasteiger partial charge in [0, 0.05) is 6.42 Å². The van der Waals surface area contributed by atoms with Gasteiger partial charge in [-0.2, -0.15) is 0 Å². The van der Waals surface area contributed by atoms with Gasteiger partial charge in [0.05, 0.1) is 0 Å². The Labute approximate surface area is 152 Å². The van der Waals surface area contributed by atoms with Crippen LogP contribution in [0, 0.1) is 6.42 Å². The molecule has 0 aromatic carbocycles. The minimum absolute atomic E-state index is 0.345. The number of unbranched alkanes of at least 4 members (excludes halogenated alkanes) is 17. The second-order valence-electron chi connectivity index (χ2n) is 7.37. The minimum atomic E-state index is 0.345. The summed E-state index contributed by atoms with van der Waals surface area (Å²) in [4.78, 5) is 10.8. The van der Waals surface area contributed by atoms with E-state index in [2.05, 4.69) is 13.0 Å². The maximum Gasteiger partial charge on any atom is 0.129 e. The zero-order valence-corrected chi connectivity index (χ0v) is 16.5. The topological polar surface area (TPSA) is 17.1 Å². The van der Waals surface area contributed by atoms with Gasteiger partial charge >= 0.3 is 0 Å². The smallest absolute Gasteiger partial charge is 0.129 e. The molecule has 0 atom stereocenters. The molecule has 0 spiro atoms. The van der Waals surface area contributed by atoms with Crippen molar-refractivity contribution in [3.05, 3.63) is 19.1 Å². The van der Waals surface area contributed by atoms with Crippen molar-refractivity contribution in [3.63, 3.8) is 0 Å². The molecule has 0 aromatic heterocycles. The molecule has 0 aliphatic heterocycles. The average molecular weight is 336 g/mol. The van der Waals surface area contributed by atoms with Gasteiger partial charge in [0.1, 0.15) is 5.78 Å². The summed E-state index contributed by atoms with van der Waals surface area (Å²) >= 11 is 0. The molecule has 1 radical (unpaired) electrons. The third-order valence-electron chi connectivity index (χ3n) is 4.82. The zero-order chi connectivity index (χ0) is 17.7. The molecule has 0 aliphatic rings. The normalized spacial score (nSPS) is 10.9. The fraction of sp³-hybridized carbons (Fsp3) is 0.826. The van der Waals surface area contributed by atoms with Crippen molar-refractivity contribution in [2.45, 2.75) is 122 Å². The van der Waals surface area contributed by atoms with E-state index in [4.69, 9.17) is 0 Å². The molecule has 1 nitrogen and oxygen atoms in total. The Hall–Kier alpha value is -0.590. The summed E-state index contributed by atoms with van der Waals surface area (Å²) in [5, 5.41) is 0. The zero-order valence-electron chi connectivity index (χ0n) is 16.5. The predicted molar refractivity (Wildman–Crippen MR) is 108 cm³/mol. The highest BCUT2D eigenvalue weighted by molar-refractivity contribution is 5.75. The van der Waals surface area contributed by atoms with Gasteiger partial charge < -0.3 is 4.79 Å². The van der Waals surface area contributed by atoms with Crippen LogP contribution in [0.5, 0.6) is 0 Å². The Kier molecular flexibility index (Phi) is 20.0. The standard InChI is InChI=1S/C23H43O/c1-3-4-5-6-7-8-9-10-11-12-13-14-15-16-17-18-19-20-21-22-23(2)24/h3-4H,1,5-22H2,2H3. The number of hydrogen-bond donors (Lipinski definition) is 0. The van der Waals surface area contributed by atoms with E-state index in [0.717, 1.165) is 12.8 Å². The van der Waals surface area contributed by atoms with Gasteiger partial charge in [-0.05, 0) is 26.2 Å². The molecule has 0 heterocycles. The molecular formula is C23H43O. The van der Waals surface area contributed by atoms with E-state index in [1.165, 1.54) is 103 Å². The summed E-state index contributed by atoms with van der Waals surface area (Å²) in [5.41, 5.74) is 0. The predicted octanol–water partition coefficient (Wildman–Crippen LogP) is 7.99. The molecule has 0 unspecified atom stereocenters. The first-order valence-electron chi connectivity index (χ1n) is 10.7. The van der Waals surface area contributed by atoms with Gasteiger partial charge in [0.2, 0.25) is 0 Å². The van der Waals surface area contributed by atoms with Gasteiger partial charge in [0.15, 0.2) is 0 Å². The highest BCUT2D eigenvalue weighted by Gasteiger charge is 1.96. The van der Waals surface area contributed by atoms with Gasteiger partial charge in [-0.15, -0.1) is 6.58 Å². The van der Waals surface area contributed by atoms with E-state index < -0.39 is 0 Å². The third-order valence-corrected chi connectivity index (χ3v) is 4.82. The fourth-order valence-corrected chi connectivity index (χ4v) is 3.23. The van der Waals surface area contributed by atoms with E-state index in [1.807, 2.05) is 6.08 Å². The monoisotopic (exact) mass is 335 g/mol. The molecule has 1 heteroatoms. The lowest BCUT2D eigenvalue weighted by molar-refractivity contribution is -0.117. The van der Waals surface area contributed by atoms with Crippen molar-refractivity contribution in [3.8, 4) is 0 Å². The molecule has 0 aliphatic carbocycles. The first-order valence-corrected chi connectivity index (χ1v) is 10.7. The second-order valence-corrected chi connectivity index (χ2v) is 7.37. The third kappa shape index (κ3) is 21.4. The number of allylic oxidation sites excluding steroid dienone is 1. The van der Waals surface area contributed by atoms with Crippen LogP contribution in [-0.4, -0.2) is 5.78 Å². The second kappa shape index (κ2) is 20.5. The summed E-state index contributed by atoms with van der Waals surface area (Å²) < 4.78 is 0. The maximum absolute atomic E-state index is 10.8. The van der Waals surface area contributed by atoms with Crippen LogP contribution < -0.4 is 0 Å². The van der Waals surface area contributed by atoms with E-state index in [0.29, 0.717) is 5.78 Å². The van der Waals surface area contributed by atoms with Crippen molar-refractivity contribution in [2.24, 2.45) is 0 Å². The Morgan fingerprint density at radius 2 is 0.958 bits per heavy atom. The summed E-state index contributed by atoms with van der Waals surface area (Å²) in [7, 11) is 0. The molecule has 0 fully saturated rings. The van der Waals surface area contributed by atoms with Crippen LogP contribution in [0.1, 0.15) is 122 Å². The Morgan fingerprint density at radius 3 is 1.29 bits per heavy atom. The summed E-state index contributed by atoms with van der Waals surface area (Å²) in [5.74, 6) is 0.345. The van der Waals surface area contributed by atoms with Crippen molar-refractivity contribution in [1.82, 2.24) is 0 Å². The summed E-state index contributed by atoms with van der Waals surface area (Å²) in [6.07, 6.45) is 28.1. The van der Waals surface area contributed by atoms with Crippen molar-refractivity contribution >= 4 is 5.78 Å². The van der Waals surface area contributed by atoms with Crippen LogP contribution in [0.25, 0.3) is 0 Å². The summed E-state index contributed by atoms with van der Waals surface area (Å²) in [6, 6.07) is 0. The van der Waals surface area contributed by atoms with Gasteiger partial charge in [-0.25, -0.2) is 0 Å². The molecule has 0 N–H and O–H groups in total. The van der Waals surface area contributed by atoms with Crippen molar-refractivity contribution < 1.29 is 4.79 Å². The number of hydrogen-bond acceptors (Lipinski definition) is 1. The molecule has 24 heavy (non-hydrogen) atoms. The molecule has 0 rings (SSSR count). The van der Waals surface area contributed by atoms with E-state index in [-0.39, 0.29) is 0 Å². The van der Waals surface area contributed by atoms with Gasteiger partial charge in [-0.3, -0.25) is 0 Å². The average Bonchev–Trinajstić information content (AvgIpc) is 2.56. The Balaban J connectivity index is 2.98. The van der Waals surface area contributed by atoms with E-state index in [1.54, 1.807) is 6.92 Å². The van der Waals surface area contributed by atoms with Crippen molar-refractivity contribution in [1.29, 1.82) is 0 Å². The number of ketones is 1. The van der Waals surface area contributed by atoms with Crippen LogP contribution in [-0.2, 0) is 4.79 Å². The lowest BCUT2D eigenvalue weighted by Crippen LogP contribution is -1.89. The highest BCUT2D eigenvalue weighted by atomic mass is 16.1. The molecule has 141 valence electrons. The van der Waals surface area contributed by atoms with Crippen LogP contribution in [0.3, 0.4) is 0 Å². The van der Waals surface area contributed by atoms with Crippen LogP contribution in [0.15, 0.2) is 12.7 Å². The molecule has 0 saturated heterocycles. The molecule has 0 saturated carbocycles. The van der Waals surface area contributed by atoms with E-state index >= 15 is 0 Å². The van der Waals surface area contributed by atoms with Crippen LogP contribution in [0.4, 0.5) is 0 Å². The lowest BCUT2D eigenvalue weighted by Gasteiger charge is -2.03. The molecule has 0 bridgehead atoms. The van der Waals surface area contributed by atoms with Gasteiger partial charge in [-0.1, -0.05) is 102 Å². The largest absolute Gasteiger partial charge is 0.300 e. The number of carbonyl (C=O) groups is 1. The number of rotatable bonds is 20. The minimum Gasteiger partial charge on any atom is -0.300 e. The number of Topliss-reactive ketones (excluding diaryl/α,β-unsaturated/α-hetero) is 1. The number of carbonyl (C=O) groups excluding carboxylic acids is 1. The molecule has 0 amide bonds. The summed E-state index contributed by atoms with van der Waals surface area (Å²) in [6.45, 7) is 5.41. The molecular weight excluding hydrogens is 292 g/mol. The van der Waals surface area contributed by atoms with E-state index in [9.17, 15) is 4.79 Å². The van der Waals surface area contributed by atoms with Crippen LogP contribution >= 0.6 is 0 Å². The van der Waals surface area contributed by atoms with Gasteiger partial charge in [0.25, 0.3) is 0 Å². The first kappa shape index (κ1) is 23.4. The van der Waals surface area contributed by atoms with Crippen molar-refractivity contribution in [2.75, 3.05) is 0 Å². The fourth-order valence-electron chi connectivity index (χ4n) is 3.23. The lowest BCUT2D eigenvalue weighted by atomic mass is 10.0. The highest BCUT2D eigenvalue weighted by Crippen LogP contribution is 2.14.